The summed E-state index contributed by atoms with van der Waals surface area (Å²) >= 11 is 0. The van der Waals surface area contributed by atoms with Crippen LogP contribution in [0.4, 0.5) is 0 Å². The number of aromatic carboxylic acids is 1. The summed E-state index contributed by atoms with van der Waals surface area (Å²) in [6.07, 6.45) is 4.74. The van der Waals surface area contributed by atoms with Crippen LogP contribution in [0.5, 0.6) is 5.75 Å². The van der Waals surface area contributed by atoms with Gasteiger partial charge in [-0.05, 0) is 0 Å². The van der Waals surface area contributed by atoms with Crippen LogP contribution in [-0.2, 0) is 0 Å². The number of rotatable bonds is 3. The summed E-state index contributed by atoms with van der Waals surface area (Å²) in [7, 11) is 1.45. The second-order valence-electron chi connectivity index (χ2n) is 3.01. The third-order valence-electron chi connectivity index (χ3n) is 2.00. The number of ether oxygens (including phenoxy) is 1. The zero-order valence-corrected chi connectivity index (χ0v) is 12.6. The molecule has 0 aromatic carbocycles. The molecule has 6 nitrogen and oxygen atoms in total. The Morgan fingerprint density at radius 2 is 2.24 bits per heavy atom. The van der Waals surface area contributed by atoms with Crippen molar-refractivity contribution in [2.24, 2.45) is 0 Å². The van der Waals surface area contributed by atoms with E-state index in [4.69, 9.17) is 4.74 Å². The van der Waals surface area contributed by atoms with Gasteiger partial charge in [-0.25, -0.2) is 9.97 Å². The molecule has 7 heteroatoms. The number of pyridine rings is 1. The zero-order valence-electron chi connectivity index (χ0n) is 9.45. The van der Waals surface area contributed by atoms with Gasteiger partial charge >= 0.3 is 51.4 Å². The first-order valence-corrected chi connectivity index (χ1v) is 4.46. The van der Waals surface area contributed by atoms with Crippen LogP contribution in [0.2, 0.25) is 0 Å². The van der Waals surface area contributed by atoms with Crippen molar-refractivity contribution in [3.63, 3.8) is 0 Å². The maximum absolute atomic E-state index is 10.7. The van der Waals surface area contributed by atoms with Crippen molar-refractivity contribution in [1.82, 2.24) is 14.5 Å². The van der Waals surface area contributed by atoms with Crippen molar-refractivity contribution < 1.29 is 66.0 Å². The molecule has 0 saturated heterocycles. The van der Waals surface area contributed by atoms with E-state index in [0.29, 0.717) is 11.6 Å². The fourth-order valence-electron chi connectivity index (χ4n) is 1.24. The number of nitrogens with zero attached hydrogens (tertiary/aromatic N) is 3. The van der Waals surface area contributed by atoms with E-state index in [9.17, 15) is 9.90 Å². The largest absolute Gasteiger partial charge is 1.00 e. The van der Waals surface area contributed by atoms with Crippen LogP contribution in [0.1, 0.15) is 10.5 Å². The summed E-state index contributed by atoms with van der Waals surface area (Å²) in [5, 5.41) is 10.7. The Kier molecular flexibility index (Phi) is 5.28. The average Bonchev–Trinajstić information content (AvgIpc) is 2.81. The standard InChI is InChI=1S/C10H9N3O3.K/c1-16-7-4-8(10(14)15)12-9(5-7)13-3-2-11-6-13;/h2-6H,1H3,(H,14,15);/q;+1/p-1. The van der Waals surface area contributed by atoms with Gasteiger partial charge in [-0.2, -0.15) is 0 Å². The molecule has 17 heavy (non-hydrogen) atoms. The Balaban J connectivity index is 0.00000144. The zero-order chi connectivity index (χ0) is 11.5. The minimum Gasteiger partial charge on any atom is -0.543 e. The van der Waals surface area contributed by atoms with Crippen molar-refractivity contribution in [2.45, 2.75) is 0 Å². The minimum absolute atomic E-state index is 0. The van der Waals surface area contributed by atoms with Crippen LogP contribution in [-0.4, -0.2) is 27.6 Å². The maximum Gasteiger partial charge on any atom is 1.00 e. The molecule has 0 fully saturated rings. The number of methoxy groups -OCH3 is 1. The summed E-state index contributed by atoms with van der Waals surface area (Å²) < 4.78 is 6.56. The fraction of sp³-hybridized carbons (Fsp3) is 0.100. The number of hydrogen-bond acceptors (Lipinski definition) is 5. The first-order chi connectivity index (χ1) is 7.70. The SMILES string of the molecule is COc1cc(C(=O)[O-])nc(-n2ccnc2)c1.[K+]. The van der Waals surface area contributed by atoms with Gasteiger partial charge in [0.25, 0.3) is 0 Å². The quantitative estimate of drug-likeness (QED) is 0.537. The van der Waals surface area contributed by atoms with Gasteiger partial charge in [-0.3, -0.25) is 4.57 Å². The van der Waals surface area contributed by atoms with Crippen LogP contribution in [0.25, 0.3) is 5.82 Å². The molecule has 0 unspecified atom stereocenters. The van der Waals surface area contributed by atoms with E-state index in [-0.39, 0.29) is 57.1 Å². The number of carboxylic acids is 1. The van der Waals surface area contributed by atoms with Crippen LogP contribution >= 0.6 is 0 Å². The minimum atomic E-state index is -1.35. The van der Waals surface area contributed by atoms with Gasteiger partial charge in [0.15, 0.2) is 0 Å². The predicted molar refractivity (Wildman–Crippen MR) is 52.2 cm³/mol. The molecule has 2 heterocycles. The van der Waals surface area contributed by atoms with E-state index in [1.807, 2.05) is 0 Å². The molecule has 2 aromatic heterocycles. The average molecular weight is 257 g/mol. The molecule has 0 aliphatic heterocycles. The molecular weight excluding hydrogens is 249 g/mol. The van der Waals surface area contributed by atoms with Crippen LogP contribution in [0.3, 0.4) is 0 Å². The first-order valence-electron chi connectivity index (χ1n) is 4.46. The monoisotopic (exact) mass is 257 g/mol. The number of imidazole rings is 1. The molecule has 0 N–H and O–H groups in total. The molecule has 0 amide bonds. The molecule has 0 radical (unpaired) electrons. The van der Waals surface area contributed by atoms with Crippen molar-refractivity contribution in [2.75, 3.05) is 7.11 Å². The van der Waals surface area contributed by atoms with Crippen molar-refractivity contribution >= 4 is 5.97 Å². The van der Waals surface area contributed by atoms with E-state index in [1.54, 1.807) is 23.0 Å². The van der Waals surface area contributed by atoms with E-state index < -0.39 is 5.97 Å². The van der Waals surface area contributed by atoms with Crippen molar-refractivity contribution in [3.05, 3.63) is 36.5 Å². The number of carbonyl (C=O) groups excluding carboxylic acids is 1. The van der Waals surface area contributed by atoms with Crippen molar-refractivity contribution in [3.8, 4) is 11.6 Å². The van der Waals surface area contributed by atoms with E-state index in [1.165, 1.54) is 19.5 Å². The maximum atomic E-state index is 10.7. The molecule has 0 bridgehead atoms. The van der Waals surface area contributed by atoms with E-state index >= 15 is 0 Å². The third-order valence-corrected chi connectivity index (χ3v) is 2.00. The summed E-state index contributed by atoms with van der Waals surface area (Å²) in [5.41, 5.74) is -0.178. The van der Waals surface area contributed by atoms with Gasteiger partial charge in [-0.1, -0.05) is 0 Å². The van der Waals surface area contributed by atoms with Gasteiger partial charge in [0, 0.05) is 24.5 Å². The smallest absolute Gasteiger partial charge is 0.543 e. The molecule has 82 valence electrons. The molecular formula is C10H8KN3O3. The fourth-order valence-corrected chi connectivity index (χ4v) is 1.24. The van der Waals surface area contributed by atoms with E-state index in [0.717, 1.165) is 0 Å². The van der Waals surface area contributed by atoms with Crippen LogP contribution < -0.4 is 61.2 Å². The summed E-state index contributed by atoms with van der Waals surface area (Å²) in [6.45, 7) is 0. The number of carboxylic acid groups (broad SMARTS) is 1. The third kappa shape index (κ3) is 3.36. The Morgan fingerprint density at radius 1 is 1.47 bits per heavy atom. The van der Waals surface area contributed by atoms with E-state index in [2.05, 4.69) is 9.97 Å². The van der Waals surface area contributed by atoms with Gasteiger partial charge in [0.2, 0.25) is 0 Å². The number of carbonyl (C=O) groups is 1. The summed E-state index contributed by atoms with van der Waals surface area (Å²) in [5.74, 6) is -0.533. The molecule has 0 aliphatic rings. The Morgan fingerprint density at radius 3 is 2.76 bits per heavy atom. The second-order valence-corrected chi connectivity index (χ2v) is 3.01. The number of hydrogen-bond donors (Lipinski definition) is 0. The predicted octanol–water partition coefficient (Wildman–Crippen LogP) is -3.36. The van der Waals surface area contributed by atoms with Gasteiger partial charge in [-0.15, -0.1) is 0 Å². The molecule has 2 aromatic rings. The first kappa shape index (κ1) is 14.3. The number of aromatic nitrogens is 3. The van der Waals surface area contributed by atoms with Gasteiger partial charge in [0.05, 0.1) is 18.8 Å². The molecule has 2 rings (SSSR count). The second kappa shape index (κ2) is 6.27. The Hall–Kier alpha value is -0.734. The molecule has 0 aliphatic carbocycles. The Labute approximate surface area is 140 Å². The van der Waals surface area contributed by atoms with Crippen LogP contribution in [0.15, 0.2) is 30.9 Å². The summed E-state index contributed by atoms with van der Waals surface area (Å²) in [6, 6.07) is 2.91. The Bertz CT molecular complexity index is 514. The molecule has 0 saturated carbocycles. The molecule has 0 spiro atoms. The topological polar surface area (TPSA) is 80.1 Å². The normalized spacial score (nSPS) is 9.47. The summed E-state index contributed by atoms with van der Waals surface area (Å²) in [4.78, 5) is 18.5. The molecule has 0 atom stereocenters. The van der Waals surface area contributed by atoms with Crippen molar-refractivity contribution in [1.29, 1.82) is 0 Å². The van der Waals surface area contributed by atoms with Gasteiger partial charge < -0.3 is 14.6 Å². The van der Waals surface area contributed by atoms with Gasteiger partial charge in [0.1, 0.15) is 17.9 Å². The van der Waals surface area contributed by atoms with Crippen LogP contribution in [0, 0.1) is 0 Å².